The van der Waals surface area contributed by atoms with Crippen LogP contribution in [-0.4, -0.2) is 9.55 Å². The van der Waals surface area contributed by atoms with Crippen molar-refractivity contribution in [3.05, 3.63) is 246 Å². The number of ether oxygens (including phenoxy) is 1. The summed E-state index contributed by atoms with van der Waals surface area (Å²) in [5.74, 6) is 2.04. The summed E-state index contributed by atoms with van der Waals surface area (Å²) in [5.41, 5.74) is 12.2. The van der Waals surface area contributed by atoms with Crippen LogP contribution < -0.4 is 14.5 Å². The Morgan fingerprint density at radius 1 is 0.438 bits per heavy atom. The van der Waals surface area contributed by atoms with Crippen LogP contribution in [0.1, 0.15) is 116 Å². The quantitative estimate of drug-likeness (QED) is 0.121. The Kier molecular flexibility index (Phi) is 13.5. The Morgan fingerprint density at radius 2 is 0.986 bits per heavy atom. The number of anilines is 2. The third kappa shape index (κ3) is 9.58. The zero-order chi connectivity index (χ0) is 50.8. The molecule has 2 aromatic heterocycles. The number of fused-ring (bicyclic) bond motifs is 3. The van der Waals surface area contributed by atoms with Gasteiger partial charge in [-0.2, -0.15) is 6.07 Å². The van der Waals surface area contributed by atoms with Crippen LogP contribution >= 0.6 is 0 Å². The van der Waals surface area contributed by atoms with Gasteiger partial charge in [0.25, 0.3) is 0 Å². The molecule has 0 atom stereocenters. The molecular weight excluding hydrogens is 1070 g/mol. The topological polar surface area (TPSA) is 33.5 Å². The molecule has 0 spiro atoms. The summed E-state index contributed by atoms with van der Waals surface area (Å²) in [5, 5.41) is 2.21. The number of hydrogen-bond acceptors (Lipinski definition) is 4. The predicted octanol–water partition coefficient (Wildman–Crippen LogP) is 17.1. The molecule has 0 saturated carbocycles. The number of nitrogens with zero attached hydrogens (tertiary/aromatic N) is 4. The Morgan fingerprint density at radius 3 is 1.59 bits per heavy atom. The maximum atomic E-state index is 7.06. The van der Waals surface area contributed by atoms with E-state index in [-0.39, 0.29) is 37.3 Å². The van der Waals surface area contributed by atoms with Crippen LogP contribution in [-0.2, 0) is 48.1 Å². The Balaban J connectivity index is 0.00000656. The van der Waals surface area contributed by atoms with E-state index >= 15 is 0 Å². The molecule has 3 heterocycles. The normalized spacial score (nSPS) is 13.8. The van der Waals surface area contributed by atoms with Crippen LogP contribution in [0.4, 0.5) is 11.4 Å². The zero-order valence-corrected chi connectivity index (χ0v) is 46.7. The van der Waals surface area contributed by atoms with E-state index in [1.54, 1.807) is 0 Å². The molecule has 1 aliphatic heterocycles. The largest absolute Gasteiger partial charge is 0.509 e. The van der Waals surface area contributed by atoms with Crippen molar-refractivity contribution in [1.29, 1.82) is 0 Å². The number of benzene rings is 7. The van der Waals surface area contributed by atoms with Gasteiger partial charge in [0.05, 0.1) is 0 Å². The number of hydrogen-bond donors (Lipinski definition) is 0. The van der Waals surface area contributed by atoms with Crippen molar-refractivity contribution in [2.24, 2.45) is 0 Å². The van der Waals surface area contributed by atoms with Crippen molar-refractivity contribution in [3.8, 4) is 17.3 Å². The summed E-state index contributed by atoms with van der Waals surface area (Å²) in [6.45, 7) is 29.9. The molecule has 10 rings (SSSR count). The minimum atomic E-state index is -0.476. The fraction of sp³-hybridized carbons (Fsp3) is 0.254. The molecular formula is C67H67N4OPt-3. The number of rotatable bonds is 11. The van der Waals surface area contributed by atoms with Crippen molar-refractivity contribution in [3.63, 3.8) is 0 Å². The van der Waals surface area contributed by atoms with Gasteiger partial charge in [-0.3, -0.25) is 0 Å². The number of allylic oxidation sites excluding steroid dienone is 2. The third-order valence-corrected chi connectivity index (χ3v) is 15.0. The van der Waals surface area contributed by atoms with E-state index in [4.69, 9.17) is 9.72 Å². The maximum Gasteiger partial charge on any atom is 0.135 e. The number of para-hydroxylation sites is 1. The van der Waals surface area contributed by atoms with Crippen LogP contribution in [0.25, 0.3) is 27.6 Å². The van der Waals surface area contributed by atoms with Gasteiger partial charge in [-0.1, -0.05) is 210 Å². The molecule has 0 saturated heterocycles. The van der Waals surface area contributed by atoms with Crippen LogP contribution in [0.15, 0.2) is 194 Å². The summed E-state index contributed by atoms with van der Waals surface area (Å²) in [7, 11) is 0. The second-order valence-electron chi connectivity index (χ2n) is 23.1. The molecule has 0 N–H and O–H groups in total. The van der Waals surface area contributed by atoms with Gasteiger partial charge in [0.2, 0.25) is 0 Å². The zero-order valence-electron chi connectivity index (χ0n) is 44.4. The summed E-state index contributed by atoms with van der Waals surface area (Å²) in [4.78, 5) is 9.84. The first kappa shape index (κ1) is 51.2. The SMILES string of the molecule is CC(C)(C)c1cc(Oc2[c-]c3c(cc2)c2ccccc2n3-c2cc(C(C)(C)c3ccccc3)ccn2)[c-]c(N2[CH-]N(c3cccc(C(C)(C)C)c3)C(C(C)(C)c3ccccc3)=C2C(C)(C)c2ccccc2)c1.[Pt]. The van der Waals surface area contributed by atoms with Gasteiger partial charge in [0, 0.05) is 77.6 Å². The van der Waals surface area contributed by atoms with Crippen LogP contribution in [0.3, 0.4) is 0 Å². The van der Waals surface area contributed by atoms with Gasteiger partial charge < -0.3 is 19.1 Å². The van der Waals surface area contributed by atoms with E-state index < -0.39 is 10.8 Å². The molecule has 6 heteroatoms. The summed E-state index contributed by atoms with van der Waals surface area (Å²) >= 11 is 0. The molecule has 0 aliphatic carbocycles. The van der Waals surface area contributed by atoms with Gasteiger partial charge in [-0.05, 0) is 74.4 Å². The second-order valence-corrected chi connectivity index (χ2v) is 23.1. The first-order chi connectivity index (χ1) is 34.2. The fourth-order valence-electron chi connectivity index (χ4n) is 10.5. The van der Waals surface area contributed by atoms with Crippen molar-refractivity contribution in [2.75, 3.05) is 9.80 Å². The van der Waals surface area contributed by atoms with E-state index in [0.29, 0.717) is 11.5 Å². The van der Waals surface area contributed by atoms with E-state index in [0.717, 1.165) is 44.6 Å². The summed E-state index contributed by atoms with van der Waals surface area (Å²) < 4.78 is 9.29. The van der Waals surface area contributed by atoms with Gasteiger partial charge in [-0.25, -0.2) is 4.98 Å². The van der Waals surface area contributed by atoms with E-state index in [2.05, 4.69) is 286 Å². The van der Waals surface area contributed by atoms with Crippen LogP contribution in [0, 0.1) is 18.8 Å². The fourth-order valence-corrected chi connectivity index (χ4v) is 10.5. The molecule has 5 nitrogen and oxygen atoms in total. The predicted molar refractivity (Wildman–Crippen MR) is 300 cm³/mol. The molecule has 0 unspecified atom stereocenters. The first-order valence-electron chi connectivity index (χ1n) is 25.4. The Labute approximate surface area is 448 Å². The third-order valence-electron chi connectivity index (χ3n) is 15.0. The monoisotopic (exact) mass is 1140 g/mol. The Bertz CT molecular complexity index is 3460. The van der Waals surface area contributed by atoms with Crippen molar-refractivity contribution in [2.45, 2.75) is 110 Å². The van der Waals surface area contributed by atoms with Gasteiger partial charge >= 0.3 is 0 Å². The molecule has 1 aliphatic rings. The molecule has 73 heavy (non-hydrogen) atoms. The van der Waals surface area contributed by atoms with Crippen LogP contribution in [0.2, 0.25) is 0 Å². The Hall–Kier alpha value is -6.68. The van der Waals surface area contributed by atoms with Crippen molar-refractivity contribution < 1.29 is 25.8 Å². The molecule has 374 valence electrons. The van der Waals surface area contributed by atoms with Gasteiger partial charge in [0.1, 0.15) is 5.82 Å². The molecule has 0 amide bonds. The summed E-state index contributed by atoms with van der Waals surface area (Å²) in [6, 6.07) is 70.7. The second kappa shape index (κ2) is 19.3. The van der Waals surface area contributed by atoms with Crippen LogP contribution in [0.5, 0.6) is 11.5 Å². The van der Waals surface area contributed by atoms with Gasteiger partial charge in [0.15, 0.2) is 0 Å². The average Bonchev–Trinajstić information content (AvgIpc) is 3.95. The molecule has 0 fully saturated rings. The van der Waals surface area contributed by atoms with Crippen molar-refractivity contribution >= 4 is 33.2 Å². The van der Waals surface area contributed by atoms with E-state index in [1.807, 2.05) is 12.3 Å². The maximum absolute atomic E-state index is 7.06. The molecule has 0 radical (unpaired) electrons. The van der Waals surface area contributed by atoms with E-state index in [1.165, 1.54) is 39.2 Å². The number of pyridine rings is 1. The summed E-state index contributed by atoms with van der Waals surface area (Å²) in [6.07, 6.45) is 1.93. The number of aromatic nitrogens is 2. The van der Waals surface area contributed by atoms with E-state index in [9.17, 15) is 0 Å². The first-order valence-corrected chi connectivity index (χ1v) is 25.4. The van der Waals surface area contributed by atoms with Crippen molar-refractivity contribution in [1.82, 2.24) is 9.55 Å². The molecule has 0 bridgehead atoms. The smallest absolute Gasteiger partial charge is 0.135 e. The minimum absolute atomic E-state index is 0. The standard InChI is InChI=1S/C67H67N4O.Pt/c1-63(2,3)49-31-24-32-52(39-49)69-45-70(62(67(11,12)48-29-20-15-21-30-48)61(69)66(9,10)47-27-18-14-19-28-47)53-40-51(64(4,5)6)41-55(43-53)72-54-35-36-57-56-33-22-23-34-58(56)71(59(57)44-54)60-42-50(37-38-68-60)65(7,8)46-25-16-13-17-26-46;/h13-42,45H,1-12H3;/q-3;. The average molecular weight is 1140 g/mol. The minimum Gasteiger partial charge on any atom is -0.509 e. The van der Waals surface area contributed by atoms with Gasteiger partial charge in [-0.15, -0.1) is 53.6 Å². The molecule has 9 aromatic rings. The molecule has 7 aromatic carbocycles.